The van der Waals surface area contributed by atoms with Crippen LogP contribution in [0.3, 0.4) is 0 Å². The molecule has 1 saturated heterocycles. The summed E-state index contributed by atoms with van der Waals surface area (Å²) >= 11 is 0. The minimum absolute atomic E-state index is 0.0328. The quantitative estimate of drug-likeness (QED) is 0.837. The fourth-order valence-corrected chi connectivity index (χ4v) is 3.29. The number of anilines is 1. The van der Waals surface area contributed by atoms with Gasteiger partial charge in [0.05, 0.1) is 18.7 Å². The van der Waals surface area contributed by atoms with E-state index in [1.54, 1.807) is 11.0 Å². The Morgan fingerprint density at radius 2 is 1.81 bits per heavy atom. The van der Waals surface area contributed by atoms with Gasteiger partial charge in [-0.15, -0.1) is 0 Å². The number of carbonyl (C=O) groups excluding carboxylic acids is 2. The van der Waals surface area contributed by atoms with Gasteiger partial charge in [-0.25, -0.2) is 0 Å². The van der Waals surface area contributed by atoms with Crippen LogP contribution in [0.5, 0.6) is 0 Å². The van der Waals surface area contributed by atoms with Crippen molar-refractivity contribution in [3.8, 4) is 0 Å². The molecule has 0 aliphatic carbocycles. The third kappa shape index (κ3) is 4.56. The maximum Gasteiger partial charge on any atom is 0.257 e. The first-order valence-corrected chi connectivity index (χ1v) is 9.13. The van der Waals surface area contributed by atoms with Gasteiger partial charge in [0.1, 0.15) is 12.0 Å². The molecule has 0 bridgehead atoms. The maximum absolute atomic E-state index is 12.5. The fraction of sp³-hybridized carbons (Fsp3) is 0.400. The number of rotatable bonds is 5. The van der Waals surface area contributed by atoms with Gasteiger partial charge in [-0.05, 0) is 31.0 Å². The molecule has 2 heterocycles. The molecular weight excluding hydrogens is 344 g/mol. The number of amides is 2. The molecule has 0 radical (unpaired) electrons. The van der Waals surface area contributed by atoms with E-state index in [0.717, 1.165) is 16.8 Å². The van der Waals surface area contributed by atoms with Crippen molar-refractivity contribution >= 4 is 17.5 Å². The second-order valence-corrected chi connectivity index (χ2v) is 6.89. The fourth-order valence-electron chi connectivity index (χ4n) is 3.29. The van der Waals surface area contributed by atoms with E-state index >= 15 is 0 Å². The van der Waals surface area contributed by atoms with Crippen LogP contribution < -0.4 is 11.1 Å². The van der Waals surface area contributed by atoms with E-state index < -0.39 is 0 Å². The van der Waals surface area contributed by atoms with Crippen molar-refractivity contribution in [2.45, 2.75) is 20.4 Å². The Kier molecular flexibility index (Phi) is 5.93. The van der Waals surface area contributed by atoms with E-state index in [-0.39, 0.29) is 18.4 Å². The molecule has 1 fully saturated rings. The highest BCUT2D eigenvalue weighted by molar-refractivity contribution is 5.94. The lowest BCUT2D eigenvalue weighted by Gasteiger charge is -2.34. The van der Waals surface area contributed by atoms with Crippen LogP contribution >= 0.6 is 0 Å². The zero-order valence-corrected chi connectivity index (χ0v) is 15.8. The summed E-state index contributed by atoms with van der Waals surface area (Å²) in [4.78, 5) is 28.7. The molecule has 27 heavy (non-hydrogen) atoms. The molecule has 0 spiro atoms. The van der Waals surface area contributed by atoms with Crippen LogP contribution in [0.4, 0.5) is 5.69 Å². The van der Waals surface area contributed by atoms with Gasteiger partial charge in [0.2, 0.25) is 5.91 Å². The van der Waals surface area contributed by atoms with E-state index in [0.29, 0.717) is 44.0 Å². The highest BCUT2D eigenvalue weighted by atomic mass is 16.3. The van der Waals surface area contributed by atoms with Crippen LogP contribution in [0, 0.1) is 13.8 Å². The third-order valence-electron chi connectivity index (χ3n) is 4.87. The zero-order chi connectivity index (χ0) is 19.4. The van der Waals surface area contributed by atoms with Gasteiger partial charge in [0.25, 0.3) is 5.91 Å². The summed E-state index contributed by atoms with van der Waals surface area (Å²) in [5.74, 6) is 0.507. The van der Waals surface area contributed by atoms with Crippen molar-refractivity contribution < 1.29 is 14.0 Å². The molecule has 2 amide bonds. The minimum Gasteiger partial charge on any atom is -0.467 e. The summed E-state index contributed by atoms with van der Waals surface area (Å²) < 4.78 is 5.24. The SMILES string of the molecule is Cc1cccc(C)c1NC(=O)CN1CCN(C(=O)c2coc(CN)c2)CC1. The minimum atomic E-state index is -0.0573. The average molecular weight is 370 g/mol. The number of para-hydroxylation sites is 1. The lowest BCUT2D eigenvalue weighted by Crippen LogP contribution is -2.50. The van der Waals surface area contributed by atoms with Crippen molar-refractivity contribution in [1.29, 1.82) is 0 Å². The van der Waals surface area contributed by atoms with Crippen LogP contribution in [0.1, 0.15) is 27.2 Å². The van der Waals surface area contributed by atoms with Gasteiger partial charge in [0.15, 0.2) is 0 Å². The molecule has 0 unspecified atom stereocenters. The number of carbonyl (C=O) groups is 2. The smallest absolute Gasteiger partial charge is 0.257 e. The normalized spacial score (nSPS) is 15.0. The van der Waals surface area contributed by atoms with Gasteiger partial charge in [-0.2, -0.15) is 0 Å². The summed E-state index contributed by atoms with van der Waals surface area (Å²) in [7, 11) is 0. The number of furan rings is 1. The van der Waals surface area contributed by atoms with Crippen LogP contribution in [-0.2, 0) is 11.3 Å². The predicted molar refractivity (Wildman–Crippen MR) is 103 cm³/mol. The summed E-state index contributed by atoms with van der Waals surface area (Å²) in [6, 6.07) is 7.64. The number of hydrogen-bond donors (Lipinski definition) is 2. The number of aryl methyl sites for hydroxylation is 2. The first-order chi connectivity index (χ1) is 13.0. The van der Waals surface area contributed by atoms with Crippen molar-refractivity contribution in [3.05, 3.63) is 53.0 Å². The molecule has 1 aromatic heterocycles. The Morgan fingerprint density at radius 1 is 1.15 bits per heavy atom. The van der Waals surface area contributed by atoms with Crippen molar-refractivity contribution in [1.82, 2.24) is 9.80 Å². The standard InChI is InChI=1S/C20H26N4O3/c1-14-4-3-5-15(2)19(14)22-18(25)12-23-6-8-24(9-7-23)20(26)16-10-17(11-21)27-13-16/h3-5,10,13H,6-9,11-12,21H2,1-2H3,(H,22,25). The Bertz CT molecular complexity index is 802. The molecule has 2 aromatic rings. The highest BCUT2D eigenvalue weighted by Gasteiger charge is 2.24. The number of hydrogen-bond acceptors (Lipinski definition) is 5. The topological polar surface area (TPSA) is 91.8 Å². The lowest BCUT2D eigenvalue weighted by molar-refractivity contribution is -0.117. The molecule has 0 atom stereocenters. The summed E-state index contributed by atoms with van der Waals surface area (Å²) in [5.41, 5.74) is 9.03. The van der Waals surface area contributed by atoms with Gasteiger partial charge in [-0.1, -0.05) is 18.2 Å². The number of nitrogens with two attached hydrogens (primary N) is 1. The summed E-state index contributed by atoms with van der Waals surface area (Å²) in [5, 5.41) is 3.01. The Balaban J connectivity index is 1.50. The van der Waals surface area contributed by atoms with Crippen LogP contribution in [0.2, 0.25) is 0 Å². The van der Waals surface area contributed by atoms with Crippen LogP contribution in [0.25, 0.3) is 0 Å². The van der Waals surface area contributed by atoms with Crippen molar-refractivity contribution in [2.75, 3.05) is 38.0 Å². The van der Waals surface area contributed by atoms with Gasteiger partial charge < -0.3 is 20.4 Å². The predicted octanol–water partition coefficient (Wildman–Crippen LogP) is 1.75. The van der Waals surface area contributed by atoms with E-state index in [1.807, 2.05) is 32.0 Å². The summed E-state index contributed by atoms with van der Waals surface area (Å²) in [6.45, 7) is 7.05. The number of piperazine rings is 1. The molecular formula is C20H26N4O3. The molecule has 3 rings (SSSR count). The maximum atomic E-state index is 12.5. The second-order valence-electron chi connectivity index (χ2n) is 6.89. The highest BCUT2D eigenvalue weighted by Crippen LogP contribution is 2.19. The van der Waals surface area contributed by atoms with Crippen molar-refractivity contribution in [3.63, 3.8) is 0 Å². The largest absolute Gasteiger partial charge is 0.467 e. The zero-order valence-electron chi connectivity index (χ0n) is 15.8. The first-order valence-electron chi connectivity index (χ1n) is 9.13. The average Bonchev–Trinajstić information content (AvgIpc) is 3.14. The first kappa shape index (κ1) is 19.1. The number of nitrogens with one attached hydrogen (secondary N) is 1. The van der Waals surface area contributed by atoms with E-state index in [2.05, 4.69) is 10.2 Å². The lowest BCUT2D eigenvalue weighted by atomic mass is 10.1. The number of benzene rings is 1. The molecule has 7 heteroatoms. The van der Waals surface area contributed by atoms with Gasteiger partial charge in [-0.3, -0.25) is 14.5 Å². The molecule has 144 valence electrons. The molecule has 1 aliphatic rings. The Labute approximate surface area is 159 Å². The van der Waals surface area contributed by atoms with Gasteiger partial charge in [0, 0.05) is 31.9 Å². The van der Waals surface area contributed by atoms with Crippen molar-refractivity contribution in [2.24, 2.45) is 5.73 Å². The third-order valence-corrected chi connectivity index (χ3v) is 4.87. The molecule has 1 aliphatic heterocycles. The van der Waals surface area contributed by atoms with E-state index in [1.165, 1.54) is 6.26 Å². The van der Waals surface area contributed by atoms with E-state index in [9.17, 15) is 9.59 Å². The molecule has 0 saturated carbocycles. The summed E-state index contributed by atoms with van der Waals surface area (Å²) in [6.07, 6.45) is 1.45. The Hall–Kier alpha value is -2.64. The van der Waals surface area contributed by atoms with Crippen LogP contribution in [0.15, 0.2) is 34.9 Å². The van der Waals surface area contributed by atoms with E-state index in [4.69, 9.17) is 10.2 Å². The van der Waals surface area contributed by atoms with Gasteiger partial charge >= 0.3 is 0 Å². The molecule has 7 nitrogen and oxygen atoms in total. The van der Waals surface area contributed by atoms with Crippen LogP contribution in [-0.4, -0.2) is 54.3 Å². The Morgan fingerprint density at radius 3 is 2.41 bits per heavy atom. The second kappa shape index (κ2) is 8.37. The monoisotopic (exact) mass is 370 g/mol. The molecule has 1 aromatic carbocycles. The number of nitrogens with zero attached hydrogens (tertiary/aromatic N) is 2. The molecule has 3 N–H and O–H groups in total.